The van der Waals surface area contributed by atoms with Crippen molar-refractivity contribution in [3.8, 4) is 0 Å². The van der Waals surface area contributed by atoms with Gasteiger partial charge in [-0.15, -0.1) is 0 Å². The number of rotatable bonds is 5. The van der Waals surface area contributed by atoms with Crippen LogP contribution in [0.3, 0.4) is 0 Å². The first kappa shape index (κ1) is 18.4. The zero-order valence-electron chi connectivity index (χ0n) is 16.8. The van der Waals surface area contributed by atoms with Gasteiger partial charge in [0.05, 0.1) is 10.1 Å². The first-order valence-corrected chi connectivity index (χ1v) is 11.7. The molecule has 4 aliphatic carbocycles. The van der Waals surface area contributed by atoms with Crippen LogP contribution in [0, 0.1) is 23.2 Å². The van der Waals surface area contributed by atoms with Crippen molar-refractivity contribution in [2.75, 3.05) is 0 Å². The van der Waals surface area contributed by atoms with E-state index in [9.17, 15) is 9.59 Å². The summed E-state index contributed by atoms with van der Waals surface area (Å²) >= 11 is 1.41. The lowest BCUT2D eigenvalue weighted by Crippen LogP contribution is -2.56. The summed E-state index contributed by atoms with van der Waals surface area (Å²) in [6, 6.07) is 7.41. The fourth-order valence-electron chi connectivity index (χ4n) is 6.82. The minimum Gasteiger partial charge on any atom is -0.351 e. The van der Waals surface area contributed by atoms with Gasteiger partial charge in [-0.05, 0) is 87.2 Å². The van der Waals surface area contributed by atoms with Gasteiger partial charge in [-0.2, -0.15) is 0 Å². The largest absolute Gasteiger partial charge is 0.351 e. The van der Waals surface area contributed by atoms with Crippen molar-refractivity contribution in [2.24, 2.45) is 23.2 Å². The summed E-state index contributed by atoms with van der Waals surface area (Å²) in [7, 11) is 0. The van der Waals surface area contributed by atoms with Gasteiger partial charge in [0, 0.05) is 6.04 Å². The lowest BCUT2D eigenvalue weighted by molar-refractivity contribution is -0.129. The van der Waals surface area contributed by atoms with Crippen LogP contribution in [0.2, 0.25) is 0 Å². The number of nitrogens with zero attached hydrogens (tertiary/aromatic N) is 1. The highest BCUT2D eigenvalue weighted by Crippen LogP contribution is 2.61. The summed E-state index contributed by atoms with van der Waals surface area (Å²) in [4.78, 5) is 26.1. The van der Waals surface area contributed by atoms with Crippen molar-refractivity contribution in [3.63, 3.8) is 0 Å². The zero-order valence-corrected chi connectivity index (χ0v) is 17.6. The molecule has 0 aliphatic heterocycles. The minimum atomic E-state index is -0.415. The van der Waals surface area contributed by atoms with E-state index in [1.807, 2.05) is 31.2 Å². The van der Waals surface area contributed by atoms with Crippen molar-refractivity contribution in [1.82, 2.24) is 9.27 Å². The summed E-state index contributed by atoms with van der Waals surface area (Å²) in [5, 5.41) is 4.08. The molecule has 2 aromatic rings. The van der Waals surface area contributed by atoms with Gasteiger partial charge in [0.15, 0.2) is 0 Å². The van der Waals surface area contributed by atoms with Crippen LogP contribution in [-0.4, -0.2) is 15.9 Å². The number of carbonyl (C=O) groups excluding carboxylic acids is 1. The summed E-state index contributed by atoms with van der Waals surface area (Å²) in [6.07, 6.45) is 8.70. The van der Waals surface area contributed by atoms with Gasteiger partial charge < -0.3 is 5.32 Å². The molecule has 0 radical (unpaired) electrons. The average Bonchev–Trinajstić information content (AvgIpc) is 2.98. The van der Waals surface area contributed by atoms with Crippen LogP contribution in [0.25, 0.3) is 10.1 Å². The Morgan fingerprint density at radius 3 is 2.36 bits per heavy atom. The highest BCUT2D eigenvalue weighted by Gasteiger charge is 2.53. The van der Waals surface area contributed by atoms with E-state index < -0.39 is 6.04 Å². The number of amides is 1. The molecule has 6 rings (SSSR count). The van der Waals surface area contributed by atoms with Crippen LogP contribution in [0.15, 0.2) is 29.1 Å². The molecule has 4 saturated carbocycles. The molecule has 1 heterocycles. The molecule has 150 valence electrons. The predicted molar refractivity (Wildman–Crippen MR) is 114 cm³/mol. The van der Waals surface area contributed by atoms with Crippen LogP contribution < -0.4 is 10.9 Å². The third kappa shape index (κ3) is 2.85. The number of aromatic nitrogens is 1. The first-order chi connectivity index (χ1) is 13.5. The average molecular weight is 399 g/mol. The number of hydrogen-bond donors (Lipinski definition) is 1. The van der Waals surface area contributed by atoms with E-state index in [-0.39, 0.29) is 22.9 Å². The van der Waals surface area contributed by atoms with E-state index in [0.29, 0.717) is 11.8 Å². The lowest BCUT2D eigenvalue weighted by Gasteiger charge is -2.59. The smallest absolute Gasteiger partial charge is 0.269 e. The van der Waals surface area contributed by atoms with Gasteiger partial charge in [-0.25, -0.2) is 0 Å². The van der Waals surface area contributed by atoms with Crippen LogP contribution >= 0.6 is 11.5 Å². The van der Waals surface area contributed by atoms with Gasteiger partial charge in [-0.1, -0.05) is 30.6 Å². The molecule has 4 fully saturated rings. The van der Waals surface area contributed by atoms with E-state index in [1.54, 1.807) is 3.96 Å². The van der Waals surface area contributed by atoms with Crippen LogP contribution in [0.4, 0.5) is 0 Å². The molecule has 5 heteroatoms. The van der Waals surface area contributed by atoms with Crippen LogP contribution in [-0.2, 0) is 4.79 Å². The number of benzene rings is 1. The topological polar surface area (TPSA) is 51.1 Å². The van der Waals surface area contributed by atoms with E-state index in [0.717, 1.165) is 22.5 Å². The molecule has 0 spiro atoms. The molecule has 0 saturated heterocycles. The van der Waals surface area contributed by atoms with Gasteiger partial charge in [0.1, 0.15) is 6.04 Å². The molecule has 1 aromatic heterocycles. The SMILES string of the molecule is CC[C@H](C(=O)N[C@H](C)C12CC3CC(CC(C3)C1)C2)n1sc2ccccc2c1=O. The molecule has 1 N–H and O–H groups in total. The van der Waals surface area contributed by atoms with E-state index in [1.165, 1.54) is 50.1 Å². The van der Waals surface area contributed by atoms with Crippen LogP contribution in [0.1, 0.15) is 64.8 Å². The summed E-state index contributed by atoms with van der Waals surface area (Å²) in [5.74, 6) is 2.63. The van der Waals surface area contributed by atoms with E-state index >= 15 is 0 Å². The number of carbonyl (C=O) groups is 1. The third-order valence-corrected chi connectivity index (χ3v) is 9.02. The zero-order chi connectivity index (χ0) is 19.5. The molecule has 28 heavy (non-hydrogen) atoms. The fraction of sp³-hybridized carbons (Fsp3) is 0.652. The second kappa shape index (κ2) is 6.72. The number of hydrogen-bond acceptors (Lipinski definition) is 3. The van der Waals surface area contributed by atoms with Gasteiger partial charge in [-0.3, -0.25) is 13.5 Å². The van der Waals surface area contributed by atoms with Crippen LogP contribution in [0.5, 0.6) is 0 Å². The minimum absolute atomic E-state index is 0.0133. The Kier molecular flexibility index (Phi) is 4.42. The van der Waals surface area contributed by atoms with E-state index in [4.69, 9.17) is 0 Å². The Bertz CT molecular complexity index is 924. The Hall–Kier alpha value is -1.62. The Labute approximate surface area is 170 Å². The summed E-state index contributed by atoms with van der Waals surface area (Å²) in [5.41, 5.74) is 0.249. The molecule has 1 aromatic carbocycles. The molecule has 4 bridgehead atoms. The second-order valence-corrected chi connectivity index (χ2v) is 10.7. The number of nitrogens with one attached hydrogen (secondary N) is 1. The number of fused-ring (bicyclic) bond motifs is 1. The Morgan fingerprint density at radius 1 is 1.18 bits per heavy atom. The third-order valence-electron chi connectivity index (χ3n) is 7.85. The quantitative estimate of drug-likeness (QED) is 0.791. The lowest BCUT2D eigenvalue weighted by atomic mass is 9.48. The van der Waals surface area contributed by atoms with Gasteiger partial charge >= 0.3 is 0 Å². The van der Waals surface area contributed by atoms with Crippen molar-refractivity contribution in [2.45, 2.75) is 70.9 Å². The first-order valence-electron chi connectivity index (χ1n) is 10.9. The molecule has 4 aliphatic rings. The van der Waals surface area contributed by atoms with Gasteiger partial charge in [0.2, 0.25) is 5.91 Å². The van der Waals surface area contributed by atoms with Crippen molar-refractivity contribution in [1.29, 1.82) is 0 Å². The summed E-state index contributed by atoms with van der Waals surface area (Å²) in [6.45, 7) is 4.21. The predicted octanol–water partition coefficient (Wildman–Crippen LogP) is 4.74. The van der Waals surface area contributed by atoms with Crippen molar-refractivity contribution < 1.29 is 4.79 Å². The second-order valence-electron chi connectivity index (χ2n) is 9.65. The molecule has 4 nitrogen and oxygen atoms in total. The van der Waals surface area contributed by atoms with E-state index in [2.05, 4.69) is 12.2 Å². The van der Waals surface area contributed by atoms with Gasteiger partial charge in [0.25, 0.3) is 5.56 Å². The molecular weight excluding hydrogens is 368 g/mol. The maximum absolute atomic E-state index is 13.2. The highest BCUT2D eigenvalue weighted by atomic mass is 32.1. The molecule has 1 amide bonds. The summed E-state index contributed by atoms with van der Waals surface area (Å²) < 4.78 is 2.64. The molecular formula is C23H30N2O2S. The fourth-order valence-corrected chi connectivity index (χ4v) is 7.98. The highest BCUT2D eigenvalue weighted by molar-refractivity contribution is 7.14. The Morgan fingerprint density at radius 2 is 1.79 bits per heavy atom. The van der Waals surface area contributed by atoms with Crippen molar-refractivity contribution in [3.05, 3.63) is 34.6 Å². The standard InChI is InChI=1S/C23H30N2O2S/c1-3-19(25-22(27)18-6-4-5-7-20(18)28-25)21(26)24-14(2)23-11-15-8-16(12-23)10-17(9-15)13-23/h4-7,14-17,19H,3,8-13H2,1-2H3,(H,24,26)/t14-,15?,16?,17?,19-,23?/m1/s1. The normalized spacial score (nSPS) is 33.1. The molecule has 0 unspecified atom stereocenters. The monoisotopic (exact) mass is 398 g/mol. The maximum Gasteiger partial charge on any atom is 0.269 e. The Balaban J connectivity index is 1.38. The molecule has 2 atom stereocenters. The maximum atomic E-state index is 13.2. The van der Waals surface area contributed by atoms with Crippen molar-refractivity contribution >= 4 is 27.5 Å².